The molecule has 0 aliphatic carbocycles. The third-order valence-corrected chi connectivity index (χ3v) is 5.79. The van der Waals surface area contributed by atoms with E-state index in [2.05, 4.69) is 35.0 Å². The Bertz CT molecular complexity index is 1340. The van der Waals surface area contributed by atoms with Gasteiger partial charge in [0.25, 0.3) is 21.8 Å². The van der Waals surface area contributed by atoms with E-state index in [9.17, 15) is 18.0 Å². The summed E-state index contributed by atoms with van der Waals surface area (Å²) in [6.07, 6.45) is 5.70. The Labute approximate surface area is 188 Å². The summed E-state index contributed by atoms with van der Waals surface area (Å²) in [4.78, 5) is 36.6. The third-order valence-electron chi connectivity index (χ3n) is 4.44. The number of benzene rings is 1. The Morgan fingerprint density at radius 3 is 2.36 bits per heavy atom. The molecule has 1 atom stereocenters. The molecule has 166 valence electrons. The molecule has 0 fully saturated rings. The zero-order valence-electron chi connectivity index (χ0n) is 17.1. The number of carbonyl (C=O) groups is 2. The molecule has 1 aliphatic heterocycles. The molecule has 0 saturated carbocycles. The molecule has 2 amide bonds. The number of hydrogen-bond acceptors (Lipinski definition) is 10. The monoisotopic (exact) mass is 464 g/mol. The Kier molecular flexibility index (Phi) is 5.95. The van der Waals surface area contributed by atoms with Crippen LogP contribution in [-0.2, 0) is 14.8 Å². The highest BCUT2D eigenvalue weighted by atomic mass is 32.2. The van der Waals surface area contributed by atoms with Gasteiger partial charge in [0.1, 0.15) is 0 Å². The van der Waals surface area contributed by atoms with E-state index in [0.29, 0.717) is 11.4 Å². The van der Waals surface area contributed by atoms with Crippen molar-refractivity contribution in [1.29, 1.82) is 0 Å². The molecule has 13 heteroatoms. The van der Waals surface area contributed by atoms with E-state index in [1.165, 1.54) is 61.2 Å². The Morgan fingerprint density at radius 2 is 1.70 bits per heavy atom. The lowest BCUT2D eigenvalue weighted by atomic mass is 10.2. The molecule has 2 aromatic heterocycles. The number of anilines is 1. The largest absolute Gasteiger partial charge is 0.282 e. The zero-order valence-corrected chi connectivity index (χ0v) is 17.9. The lowest BCUT2D eigenvalue weighted by molar-refractivity contribution is -0.127. The van der Waals surface area contributed by atoms with Crippen LogP contribution >= 0.6 is 0 Å². The van der Waals surface area contributed by atoms with Crippen LogP contribution in [0.3, 0.4) is 0 Å². The average molecular weight is 464 g/mol. The standard InChI is InChI=1S/C20H16N8O4S/c1-13-17(19(30)28(26-13)18(29)14-7-11-21-12-8-14)25-24-15-3-5-16(6-4-15)33(31,32)27-20-22-9-2-10-23-20/h2-12,17H,1H3,(H,22,23,27)/t17-/m1/s1. The summed E-state index contributed by atoms with van der Waals surface area (Å²) >= 11 is 0. The molecule has 3 heterocycles. The molecule has 0 saturated heterocycles. The summed E-state index contributed by atoms with van der Waals surface area (Å²) in [6, 6.07) is 8.97. The predicted octanol–water partition coefficient (Wildman–Crippen LogP) is 2.18. The number of azo groups is 1. The maximum Gasteiger partial charge on any atom is 0.282 e. The van der Waals surface area contributed by atoms with Gasteiger partial charge in [-0.15, -0.1) is 0 Å². The Balaban J connectivity index is 1.45. The third kappa shape index (κ3) is 4.77. The van der Waals surface area contributed by atoms with Gasteiger partial charge in [0.15, 0.2) is 6.04 Å². The number of amides is 2. The minimum absolute atomic E-state index is 0.0299. The maximum atomic E-state index is 12.6. The number of aromatic nitrogens is 3. The second-order valence-electron chi connectivity index (χ2n) is 6.72. The molecule has 1 aromatic carbocycles. The van der Waals surface area contributed by atoms with Crippen molar-refractivity contribution in [2.75, 3.05) is 4.72 Å². The number of imide groups is 1. The average Bonchev–Trinajstić information content (AvgIpc) is 3.11. The fraction of sp³-hybridized carbons (Fsp3) is 0.100. The molecule has 4 rings (SSSR count). The molecule has 1 aliphatic rings. The van der Waals surface area contributed by atoms with E-state index in [-0.39, 0.29) is 16.4 Å². The summed E-state index contributed by atoms with van der Waals surface area (Å²) in [5.41, 5.74) is 0.876. The van der Waals surface area contributed by atoms with Gasteiger partial charge in [0.05, 0.1) is 16.3 Å². The summed E-state index contributed by atoms with van der Waals surface area (Å²) in [5.74, 6) is -1.28. The van der Waals surface area contributed by atoms with Crippen molar-refractivity contribution in [3.05, 3.63) is 72.8 Å². The van der Waals surface area contributed by atoms with Gasteiger partial charge in [-0.25, -0.2) is 23.1 Å². The smallest absolute Gasteiger partial charge is 0.269 e. The van der Waals surface area contributed by atoms with Crippen LogP contribution in [0.25, 0.3) is 0 Å². The van der Waals surface area contributed by atoms with Gasteiger partial charge in [-0.05, 0) is 49.4 Å². The van der Waals surface area contributed by atoms with Crippen LogP contribution in [0, 0.1) is 0 Å². The Hall–Kier alpha value is -4.39. The molecule has 1 N–H and O–H groups in total. The van der Waals surface area contributed by atoms with E-state index in [1.54, 1.807) is 13.0 Å². The van der Waals surface area contributed by atoms with Gasteiger partial charge in [-0.3, -0.25) is 14.6 Å². The molecule has 3 aromatic rings. The SMILES string of the molecule is CC1=NN(C(=O)c2ccncc2)C(=O)[C@@H]1N=Nc1ccc(S(=O)(=O)Nc2ncccn2)cc1. The highest BCUT2D eigenvalue weighted by molar-refractivity contribution is 7.92. The first-order chi connectivity index (χ1) is 15.8. The first kappa shape index (κ1) is 21.8. The number of pyridine rings is 1. The number of nitrogens with one attached hydrogen (secondary N) is 1. The van der Waals surface area contributed by atoms with Gasteiger partial charge in [0.2, 0.25) is 5.95 Å². The predicted molar refractivity (Wildman–Crippen MR) is 116 cm³/mol. The lowest BCUT2D eigenvalue weighted by Gasteiger charge is -2.10. The number of hydrazone groups is 1. The topological polar surface area (TPSA) is 159 Å². The van der Waals surface area contributed by atoms with Gasteiger partial charge < -0.3 is 0 Å². The van der Waals surface area contributed by atoms with Crippen LogP contribution in [-0.4, -0.2) is 51.9 Å². The van der Waals surface area contributed by atoms with Crippen molar-refractivity contribution < 1.29 is 18.0 Å². The number of hydrogen-bond donors (Lipinski definition) is 1. The van der Waals surface area contributed by atoms with E-state index < -0.39 is 27.9 Å². The number of carbonyl (C=O) groups excluding carboxylic acids is 2. The van der Waals surface area contributed by atoms with Crippen LogP contribution in [0.4, 0.5) is 11.6 Å². The first-order valence-corrected chi connectivity index (χ1v) is 11.0. The van der Waals surface area contributed by atoms with Crippen LogP contribution < -0.4 is 4.72 Å². The van der Waals surface area contributed by atoms with Crippen LogP contribution in [0.5, 0.6) is 0 Å². The fourth-order valence-electron chi connectivity index (χ4n) is 2.80. The van der Waals surface area contributed by atoms with E-state index in [1.807, 2.05) is 0 Å². The quantitative estimate of drug-likeness (QED) is 0.432. The van der Waals surface area contributed by atoms with Crippen molar-refractivity contribution in [2.45, 2.75) is 17.9 Å². The second-order valence-corrected chi connectivity index (χ2v) is 8.40. The molecular formula is C20H16N8O4S. The van der Waals surface area contributed by atoms with E-state index in [4.69, 9.17) is 0 Å². The maximum absolute atomic E-state index is 12.6. The molecular weight excluding hydrogens is 448 g/mol. The van der Waals surface area contributed by atoms with Gasteiger partial charge >= 0.3 is 0 Å². The van der Waals surface area contributed by atoms with Crippen LogP contribution in [0.2, 0.25) is 0 Å². The minimum atomic E-state index is -3.89. The number of rotatable bonds is 6. The van der Waals surface area contributed by atoms with Crippen molar-refractivity contribution in [2.24, 2.45) is 15.3 Å². The second kappa shape index (κ2) is 9.00. The summed E-state index contributed by atoms with van der Waals surface area (Å²) in [5, 5.41) is 12.7. The van der Waals surface area contributed by atoms with E-state index in [0.717, 1.165) is 5.01 Å². The normalized spacial score (nSPS) is 16.2. The van der Waals surface area contributed by atoms with Crippen molar-refractivity contribution in [3.63, 3.8) is 0 Å². The lowest BCUT2D eigenvalue weighted by Crippen LogP contribution is -2.34. The molecule has 0 radical (unpaired) electrons. The van der Waals surface area contributed by atoms with Crippen molar-refractivity contribution in [1.82, 2.24) is 20.0 Å². The summed E-state index contributed by atoms with van der Waals surface area (Å²) in [7, 11) is -3.89. The molecule has 33 heavy (non-hydrogen) atoms. The van der Waals surface area contributed by atoms with Crippen molar-refractivity contribution >= 4 is 39.2 Å². The zero-order chi connectivity index (χ0) is 23.4. The van der Waals surface area contributed by atoms with Crippen LogP contribution in [0.15, 0.2) is 87.5 Å². The molecule has 0 bridgehead atoms. The fourth-order valence-corrected chi connectivity index (χ4v) is 3.76. The van der Waals surface area contributed by atoms with Crippen molar-refractivity contribution in [3.8, 4) is 0 Å². The molecule has 12 nitrogen and oxygen atoms in total. The van der Waals surface area contributed by atoms with E-state index >= 15 is 0 Å². The number of nitrogens with zero attached hydrogens (tertiary/aromatic N) is 7. The first-order valence-electron chi connectivity index (χ1n) is 9.49. The van der Waals surface area contributed by atoms with Gasteiger partial charge in [-0.2, -0.15) is 20.3 Å². The highest BCUT2D eigenvalue weighted by Crippen LogP contribution is 2.21. The minimum Gasteiger partial charge on any atom is -0.269 e. The molecule has 0 spiro atoms. The number of sulfonamides is 1. The highest BCUT2D eigenvalue weighted by Gasteiger charge is 2.38. The summed E-state index contributed by atoms with van der Waals surface area (Å²) in [6.45, 7) is 1.56. The van der Waals surface area contributed by atoms with Gasteiger partial charge in [0, 0.05) is 30.4 Å². The van der Waals surface area contributed by atoms with Gasteiger partial charge in [-0.1, -0.05) is 0 Å². The van der Waals surface area contributed by atoms with Crippen LogP contribution in [0.1, 0.15) is 17.3 Å². The molecule has 0 unspecified atom stereocenters. The summed E-state index contributed by atoms with van der Waals surface area (Å²) < 4.78 is 27.1. The Morgan fingerprint density at radius 1 is 1.03 bits per heavy atom.